The van der Waals surface area contributed by atoms with Crippen LogP contribution in [-0.4, -0.2) is 43.9 Å². The molecule has 0 amide bonds. The van der Waals surface area contributed by atoms with Crippen LogP contribution in [0.25, 0.3) is 0 Å². The van der Waals surface area contributed by atoms with Gasteiger partial charge in [0.25, 0.3) is 0 Å². The minimum absolute atomic E-state index is 0.0586. The van der Waals surface area contributed by atoms with Crippen LogP contribution >= 0.6 is 0 Å². The van der Waals surface area contributed by atoms with Crippen molar-refractivity contribution < 1.29 is 35.8 Å². The summed E-state index contributed by atoms with van der Waals surface area (Å²) in [6, 6.07) is 0. The summed E-state index contributed by atoms with van der Waals surface area (Å²) in [5, 5.41) is 0. The van der Waals surface area contributed by atoms with Gasteiger partial charge in [-0.05, 0) is 92.1 Å². The first-order chi connectivity index (χ1) is 18.2. The van der Waals surface area contributed by atoms with Crippen molar-refractivity contribution in [3.05, 3.63) is 46.3 Å². The number of ether oxygens (including phenoxy) is 2. The summed E-state index contributed by atoms with van der Waals surface area (Å²) < 4.78 is 96.6. The Balaban J connectivity index is 1.63. The van der Waals surface area contributed by atoms with Gasteiger partial charge in [0.1, 0.15) is 12.0 Å². The number of hydrogen-bond donors (Lipinski definition) is 0. The fraction of sp³-hybridized carbons (Fsp3) is 0.733. The van der Waals surface area contributed by atoms with Gasteiger partial charge in [0.2, 0.25) is 0 Å². The van der Waals surface area contributed by atoms with Crippen molar-refractivity contribution in [2.75, 3.05) is 13.3 Å². The second-order valence-corrected chi connectivity index (χ2v) is 10.7. The van der Waals surface area contributed by atoms with Gasteiger partial charge in [-0.2, -0.15) is 8.78 Å². The molecule has 38 heavy (non-hydrogen) atoms. The van der Waals surface area contributed by atoms with E-state index in [9.17, 15) is 26.3 Å². The van der Waals surface area contributed by atoms with E-state index in [-0.39, 0.29) is 50.2 Å². The standard InChI is InChI=1S/C30H42F6O2/c1-3-20-8-13-28(37-19-20)23-11-9-22(10-12-23)24(14-15-31)16-25(32)18-30(35,36)38-26-6-5-7-27(33)29(34)21(4-2)17-26/h9,11,16,20,25-28H,3-8,10,12-15,17-19H2,1-2H3/b24-16+,29-21?/t20?,25-,26+,27?,28?/m1/s1. The van der Waals surface area contributed by atoms with Crippen LogP contribution in [0.5, 0.6) is 0 Å². The van der Waals surface area contributed by atoms with E-state index in [1.165, 1.54) is 0 Å². The van der Waals surface area contributed by atoms with E-state index in [1.54, 1.807) is 6.92 Å². The molecular weight excluding hydrogens is 506 g/mol. The zero-order valence-electron chi connectivity index (χ0n) is 22.6. The lowest BCUT2D eigenvalue weighted by molar-refractivity contribution is -0.271. The molecule has 0 saturated carbocycles. The molecule has 0 spiro atoms. The first-order valence-corrected chi connectivity index (χ1v) is 14.1. The Kier molecular flexibility index (Phi) is 12.0. The van der Waals surface area contributed by atoms with Crippen molar-refractivity contribution in [2.24, 2.45) is 5.92 Å². The fourth-order valence-corrected chi connectivity index (χ4v) is 5.62. The molecule has 0 aromatic heterocycles. The quantitative estimate of drug-likeness (QED) is 0.240. The molecule has 2 nitrogen and oxygen atoms in total. The van der Waals surface area contributed by atoms with E-state index < -0.39 is 43.5 Å². The van der Waals surface area contributed by atoms with Crippen LogP contribution in [0.1, 0.15) is 90.9 Å². The predicted octanol–water partition coefficient (Wildman–Crippen LogP) is 9.38. The first kappa shape index (κ1) is 31.0. The van der Waals surface area contributed by atoms with Gasteiger partial charge in [-0.1, -0.05) is 32.4 Å². The molecule has 3 unspecified atom stereocenters. The van der Waals surface area contributed by atoms with Crippen molar-refractivity contribution in [2.45, 2.75) is 122 Å². The molecule has 3 rings (SSSR count). The molecule has 0 bridgehead atoms. The summed E-state index contributed by atoms with van der Waals surface area (Å²) >= 11 is 0. The highest BCUT2D eigenvalue weighted by atomic mass is 19.3. The molecule has 1 fully saturated rings. The molecule has 1 aliphatic heterocycles. The molecule has 0 N–H and O–H groups in total. The van der Waals surface area contributed by atoms with Crippen molar-refractivity contribution in [1.29, 1.82) is 0 Å². The summed E-state index contributed by atoms with van der Waals surface area (Å²) in [4.78, 5) is 0. The maximum atomic E-state index is 14.9. The van der Waals surface area contributed by atoms with Crippen LogP contribution in [0.2, 0.25) is 0 Å². The summed E-state index contributed by atoms with van der Waals surface area (Å²) in [5.74, 6) is -0.311. The van der Waals surface area contributed by atoms with Crippen molar-refractivity contribution in [3.8, 4) is 0 Å². The third kappa shape index (κ3) is 9.00. The van der Waals surface area contributed by atoms with E-state index in [0.29, 0.717) is 24.3 Å². The number of halogens is 6. The Morgan fingerprint density at radius 3 is 2.55 bits per heavy atom. The summed E-state index contributed by atoms with van der Waals surface area (Å²) in [6.45, 7) is 3.81. The Morgan fingerprint density at radius 1 is 1.16 bits per heavy atom. The summed E-state index contributed by atoms with van der Waals surface area (Å²) in [6.07, 6.45) is -0.233. The lowest BCUT2D eigenvalue weighted by atomic mass is 9.86. The smallest absolute Gasteiger partial charge is 0.359 e. The molecular formula is C30H42F6O2. The third-order valence-electron chi connectivity index (χ3n) is 7.97. The average molecular weight is 549 g/mol. The van der Waals surface area contributed by atoms with Crippen LogP contribution in [0, 0.1) is 5.92 Å². The molecule has 1 saturated heterocycles. The molecule has 1 heterocycles. The number of allylic oxidation sites excluding steroid dienone is 6. The minimum Gasteiger partial charge on any atom is -0.374 e. The normalized spacial score (nSPS) is 28.9. The molecule has 2 aliphatic carbocycles. The topological polar surface area (TPSA) is 18.5 Å². The molecule has 3 aliphatic rings. The Labute approximate surface area is 223 Å². The first-order valence-electron chi connectivity index (χ1n) is 14.1. The van der Waals surface area contributed by atoms with Gasteiger partial charge >= 0.3 is 6.11 Å². The highest BCUT2D eigenvalue weighted by Crippen LogP contribution is 2.36. The highest BCUT2D eigenvalue weighted by molar-refractivity contribution is 5.39. The largest absolute Gasteiger partial charge is 0.374 e. The Morgan fingerprint density at radius 2 is 1.95 bits per heavy atom. The number of hydrogen-bond acceptors (Lipinski definition) is 2. The van der Waals surface area contributed by atoms with E-state index in [2.05, 4.69) is 6.92 Å². The van der Waals surface area contributed by atoms with Gasteiger partial charge in [-0.25, -0.2) is 13.2 Å². The Hall–Kier alpha value is -1.54. The van der Waals surface area contributed by atoms with Crippen molar-refractivity contribution in [3.63, 3.8) is 0 Å². The van der Waals surface area contributed by atoms with Gasteiger partial charge in [-0.15, -0.1) is 0 Å². The van der Waals surface area contributed by atoms with Crippen molar-refractivity contribution in [1.82, 2.24) is 0 Å². The molecule has 0 aromatic rings. The molecule has 216 valence electrons. The van der Waals surface area contributed by atoms with Gasteiger partial charge in [0.05, 0.1) is 31.9 Å². The summed E-state index contributed by atoms with van der Waals surface area (Å²) in [7, 11) is 0. The fourth-order valence-electron chi connectivity index (χ4n) is 5.62. The van der Waals surface area contributed by atoms with Gasteiger partial charge in [0, 0.05) is 6.42 Å². The van der Waals surface area contributed by atoms with Crippen LogP contribution < -0.4 is 0 Å². The van der Waals surface area contributed by atoms with Gasteiger partial charge in [-0.3, -0.25) is 4.39 Å². The number of alkyl halides is 5. The maximum Gasteiger partial charge on any atom is 0.359 e. The predicted molar refractivity (Wildman–Crippen MR) is 138 cm³/mol. The van der Waals surface area contributed by atoms with Crippen LogP contribution in [0.15, 0.2) is 46.3 Å². The minimum atomic E-state index is -3.80. The van der Waals surface area contributed by atoms with Crippen molar-refractivity contribution >= 4 is 0 Å². The molecule has 0 aromatic carbocycles. The maximum absolute atomic E-state index is 14.9. The van der Waals surface area contributed by atoms with E-state index >= 15 is 0 Å². The van der Waals surface area contributed by atoms with Crippen LogP contribution in [-0.2, 0) is 9.47 Å². The van der Waals surface area contributed by atoms with Crippen LogP contribution in [0.3, 0.4) is 0 Å². The van der Waals surface area contributed by atoms with Gasteiger partial charge in [0.15, 0.2) is 6.17 Å². The second kappa shape index (κ2) is 14.7. The monoisotopic (exact) mass is 548 g/mol. The molecule has 5 atom stereocenters. The lowest BCUT2D eigenvalue weighted by Crippen LogP contribution is -2.32. The SMILES string of the molecule is CCC1=C(F)C(F)CCC[C@H](OC(F)(F)C[C@H](F)/C=C(\CCF)C2=CC=C(C3CCC(CC)CO3)CC2)C1. The Bertz CT molecular complexity index is 885. The highest BCUT2D eigenvalue weighted by Gasteiger charge is 2.38. The molecule has 8 heteroatoms. The zero-order chi connectivity index (χ0) is 27.7. The average Bonchev–Trinajstić information content (AvgIpc) is 2.89. The molecule has 0 radical (unpaired) electrons. The van der Waals surface area contributed by atoms with E-state index in [0.717, 1.165) is 43.1 Å². The summed E-state index contributed by atoms with van der Waals surface area (Å²) in [5.41, 5.74) is 2.42. The lowest BCUT2D eigenvalue weighted by Gasteiger charge is -2.31. The van der Waals surface area contributed by atoms with Gasteiger partial charge < -0.3 is 9.47 Å². The number of rotatable bonds is 11. The third-order valence-corrected chi connectivity index (χ3v) is 7.97. The van der Waals surface area contributed by atoms with E-state index in [4.69, 9.17) is 9.47 Å². The zero-order valence-corrected chi connectivity index (χ0v) is 22.6. The van der Waals surface area contributed by atoms with Crippen LogP contribution in [0.4, 0.5) is 26.3 Å². The van der Waals surface area contributed by atoms with E-state index in [1.807, 2.05) is 12.2 Å². The second-order valence-electron chi connectivity index (χ2n) is 10.7.